The standard InChI is InChI=1S/C19H25N3O2/c1-3-15(23)11-22-9-8-17-16(12-22)19(24)21-18(20-17)10-14-7-5-4-6-13(14)2/h4-7,15,23H,3,8-12H2,1-2H3,(H,20,21,24)/p+1/t15-/m0/s1. The Morgan fingerprint density at radius 3 is 2.92 bits per heavy atom. The lowest BCUT2D eigenvalue weighted by molar-refractivity contribution is -0.919. The first-order chi connectivity index (χ1) is 11.6. The summed E-state index contributed by atoms with van der Waals surface area (Å²) in [5.41, 5.74) is 4.09. The third-order valence-electron chi connectivity index (χ3n) is 4.91. The summed E-state index contributed by atoms with van der Waals surface area (Å²) in [6.45, 7) is 6.32. The van der Waals surface area contributed by atoms with Crippen molar-refractivity contribution >= 4 is 0 Å². The van der Waals surface area contributed by atoms with E-state index < -0.39 is 0 Å². The van der Waals surface area contributed by atoms with Crippen LogP contribution in [0.25, 0.3) is 0 Å². The molecule has 24 heavy (non-hydrogen) atoms. The Labute approximate surface area is 142 Å². The zero-order valence-electron chi connectivity index (χ0n) is 14.4. The summed E-state index contributed by atoms with van der Waals surface area (Å²) >= 11 is 0. The average molecular weight is 328 g/mol. The Morgan fingerprint density at radius 2 is 2.17 bits per heavy atom. The lowest BCUT2D eigenvalue weighted by atomic mass is 10.0. The molecule has 0 spiro atoms. The number of rotatable bonds is 5. The zero-order chi connectivity index (χ0) is 17.1. The van der Waals surface area contributed by atoms with Gasteiger partial charge in [0.25, 0.3) is 5.56 Å². The number of nitrogens with one attached hydrogen (secondary N) is 2. The van der Waals surface area contributed by atoms with Crippen molar-refractivity contribution in [2.75, 3.05) is 13.1 Å². The van der Waals surface area contributed by atoms with Crippen LogP contribution in [0.5, 0.6) is 0 Å². The maximum Gasteiger partial charge on any atom is 0.260 e. The Hall–Kier alpha value is -1.98. The zero-order valence-corrected chi connectivity index (χ0v) is 14.4. The van der Waals surface area contributed by atoms with Crippen LogP contribution in [-0.4, -0.2) is 34.3 Å². The Bertz CT molecular complexity index is 769. The van der Waals surface area contributed by atoms with Crippen molar-refractivity contribution < 1.29 is 10.0 Å². The third-order valence-corrected chi connectivity index (χ3v) is 4.91. The van der Waals surface area contributed by atoms with Crippen LogP contribution in [0.4, 0.5) is 0 Å². The molecule has 0 saturated carbocycles. The third kappa shape index (κ3) is 3.74. The molecule has 0 aliphatic carbocycles. The monoisotopic (exact) mass is 328 g/mol. The van der Waals surface area contributed by atoms with Gasteiger partial charge in [-0.15, -0.1) is 0 Å². The number of H-pyrrole nitrogens is 1. The van der Waals surface area contributed by atoms with Crippen molar-refractivity contribution in [1.82, 2.24) is 9.97 Å². The van der Waals surface area contributed by atoms with Crippen LogP contribution in [0.2, 0.25) is 0 Å². The summed E-state index contributed by atoms with van der Waals surface area (Å²) in [5, 5.41) is 9.84. The number of aliphatic hydroxyl groups is 1. The van der Waals surface area contributed by atoms with E-state index in [9.17, 15) is 9.90 Å². The van der Waals surface area contributed by atoms with Crippen molar-refractivity contribution in [2.45, 2.75) is 45.8 Å². The van der Waals surface area contributed by atoms with Crippen LogP contribution < -0.4 is 10.5 Å². The Kier molecular flexibility index (Phi) is 5.11. The van der Waals surface area contributed by atoms with Gasteiger partial charge in [0.15, 0.2) is 0 Å². The predicted octanol–water partition coefficient (Wildman–Crippen LogP) is 0.381. The Morgan fingerprint density at radius 1 is 1.38 bits per heavy atom. The highest BCUT2D eigenvalue weighted by molar-refractivity contribution is 5.29. The number of aliphatic hydroxyl groups excluding tert-OH is 1. The van der Waals surface area contributed by atoms with E-state index in [-0.39, 0.29) is 11.7 Å². The molecule has 128 valence electrons. The minimum Gasteiger partial charge on any atom is -0.387 e. The summed E-state index contributed by atoms with van der Waals surface area (Å²) < 4.78 is 0. The van der Waals surface area contributed by atoms with E-state index in [2.05, 4.69) is 24.0 Å². The van der Waals surface area contributed by atoms with E-state index in [0.717, 1.165) is 36.5 Å². The molecular formula is C19H26N3O2+. The molecule has 1 aliphatic rings. The minimum absolute atomic E-state index is 0.0215. The second kappa shape index (κ2) is 7.28. The van der Waals surface area contributed by atoms with Gasteiger partial charge in [0.05, 0.1) is 17.8 Å². The van der Waals surface area contributed by atoms with E-state index in [1.807, 2.05) is 19.1 Å². The molecule has 1 aromatic heterocycles. The number of benzene rings is 1. The lowest BCUT2D eigenvalue weighted by Gasteiger charge is -2.26. The van der Waals surface area contributed by atoms with E-state index in [4.69, 9.17) is 4.98 Å². The van der Waals surface area contributed by atoms with Gasteiger partial charge in [-0.3, -0.25) is 4.79 Å². The summed E-state index contributed by atoms with van der Waals surface area (Å²) in [6.07, 6.45) is 1.90. The fraction of sp³-hybridized carbons (Fsp3) is 0.474. The van der Waals surface area contributed by atoms with Crippen LogP contribution in [0.1, 0.15) is 41.6 Å². The number of aromatic amines is 1. The molecule has 0 fully saturated rings. The smallest absolute Gasteiger partial charge is 0.260 e. The summed E-state index contributed by atoms with van der Waals surface area (Å²) in [4.78, 5) is 21.4. The van der Waals surface area contributed by atoms with Gasteiger partial charge >= 0.3 is 0 Å². The summed E-state index contributed by atoms with van der Waals surface area (Å²) in [6, 6.07) is 8.18. The molecule has 1 aliphatic heterocycles. The molecule has 3 rings (SSSR count). The highest BCUT2D eigenvalue weighted by atomic mass is 16.3. The fourth-order valence-electron chi connectivity index (χ4n) is 3.34. The first kappa shape index (κ1) is 16.9. The number of nitrogens with zero attached hydrogens (tertiary/aromatic N) is 1. The molecule has 2 atom stereocenters. The topological polar surface area (TPSA) is 70.4 Å². The number of aryl methyl sites for hydroxylation is 1. The van der Waals surface area contributed by atoms with Gasteiger partial charge in [0.2, 0.25) is 0 Å². The molecule has 0 saturated heterocycles. The maximum absolute atomic E-state index is 12.5. The molecule has 5 heteroatoms. The van der Waals surface area contributed by atoms with Crippen LogP contribution in [0, 0.1) is 6.92 Å². The number of hydrogen-bond donors (Lipinski definition) is 3. The normalized spacial score (nSPS) is 18.2. The molecular weight excluding hydrogens is 302 g/mol. The molecule has 2 aromatic rings. The first-order valence-corrected chi connectivity index (χ1v) is 8.74. The highest BCUT2D eigenvalue weighted by Gasteiger charge is 2.25. The minimum atomic E-state index is -0.297. The van der Waals surface area contributed by atoms with E-state index in [0.29, 0.717) is 19.5 Å². The van der Waals surface area contributed by atoms with E-state index in [1.165, 1.54) is 16.0 Å². The first-order valence-electron chi connectivity index (χ1n) is 8.74. The van der Waals surface area contributed by atoms with Crippen molar-refractivity contribution in [2.24, 2.45) is 0 Å². The van der Waals surface area contributed by atoms with Gasteiger partial charge in [0, 0.05) is 12.8 Å². The maximum atomic E-state index is 12.5. The van der Waals surface area contributed by atoms with Gasteiger partial charge < -0.3 is 15.0 Å². The summed E-state index contributed by atoms with van der Waals surface area (Å²) in [7, 11) is 0. The molecule has 1 aromatic carbocycles. The van der Waals surface area contributed by atoms with Gasteiger partial charge in [-0.05, 0) is 24.5 Å². The van der Waals surface area contributed by atoms with Crippen molar-refractivity contribution in [3.8, 4) is 0 Å². The number of hydrogen-bond acceptors (Lipinski definition) is 3. The number of aromatic nitrogens is 2. The lowest BCUT2D eigenvalue weighted by Crippen LogP contribution is -3.13. The molecule has 5 nitrogen and oxygen atoms in total. The van der Waals surface area contributed by atoms with Gasteiger partial charge in [-0.25, -0.2) is 4.98 Å². The second-order valence-electron chi connectivity index (χ2n) is 6.73. The van der Waals surface area contributed by atoms with Gasteiger partial charge in [-0.1, -0.05) is 31.2 Å². The van der Waals surface area contributed by atoms with Gasteiger partial charge in [0.1, 0.15) is 25.0 Å². The van der Waals surface area contributed by atoms with Crippen LogP contribution in [0.3, 0.4) is 0 Å². The summed E-state index contributed by atoms with van der Waals surface area (Å²) in [5.74, 6) is 0.741. The van der Waals surface area contributed by atoms with Crippen molar-refractivity contribution in [3.63, 3.8) is 0 Å². The molecule has 0 amide bonds. The van der Waals surface area contributed by atoms with Crippen LogP contribution in [0.15, 0.2) is 29.1 Å². The largest absolute Gasteiger partial charge is 0.387 e. The van der Waals surface area contributed by atoms with Gasteiger partial charge in [-0.2, -0.15) is 0 Å². The second-order valence-corrected chi connectivity index (χ2v) is 6.73. The number of fused-ring (bicyclic) bond motifs is 1. The molecule has 0 radical (unpaired) electrons. The Balaban J connectivity index is 1.80. The van der Waals surface area contributed by atoms with Crippen molar-refractivity contribution in [1.29, 1.82) is 0 Å². The quantitative estimate of drug-likeness (QED) is 0.743. The van der Waals surface area contributed by atoms with Crippen LogP contribution in [-0.2, 0) is 19.4 Å². The molecule has 2 heterocycles. The predicted molar refractivity (Wildman–Crippen MR) is 93.2 cm³/mol. The molecule has 0 bridgehead atoms. The fourth-order valence-corrected chi connectivity index (χ4v) is 3.34. The average Bonchev–Trinajstić information content (AvgIpc) is 2.57. The number of quaternary nitrogens is 1. The van der Waals surface area contributed by atoms with Crippen LogP contribution >= 0.6 is 0 Å². The van der Waals surface area contributed by atoms with E-state index >= 15 is 0 Å². The molecule has 3 N–H and O–H groups in total. The van der Waals surface area contributed by atoms with Crippen molar-refractivity contribution in [3.05, 3.63) is 62.8 Å². The molecule has 1 unspecified atom stereocenters. The highest BCUT2D eigenvalue weighted by Crippen LogP contribution is 2.12. The van der Waals surface area contributed by atoms with E-state index in [1.54, 1.807) is 0 Å². The SMILES string of the molecule is CC[C@H](O)C[NH+]1CCc2nc(Cc3ccccc3C)[nH]c(=O)c2C1.